The lowest BCUT2D eigenvalue weighted by molar-refractivity contribution is 0.0600. The first-order valence-electron chi connectivity index (χ1n) is 9.26. The number of ether oxygens (including phenoxy) is 1. The third-order valence-electron chi connectivity index (χ3n) is 4.44. The highest BCUT2D eigenvalue weighted by Gasteiger charge is 2.16. The van der Waals surface area contributed by atoms with Gasteiger partial charge in [0, 0.05) is 11.1 Å². The summed E-state index contributed by atoms with van der Waals surface area (Å²) >= 11 is 0. The minimum absolute atomic E-state index is 0.00411. The van der Waals surface area contributed by atoms with Crippen LogP contribution in [0, 0.1) is 0 Å². The van der Waals surface area contributed by atoms with Crippen molar-refractivity contribution in [2.24, 2.45) is 15.7 Å². The Labute approximate surface area is 178 Å². The van der Waals surface area contributed by atoms with Gasteiger partial charge in [-0.05, 0) is 30.3 Å². The summed E-state index contributed by atoms with van der Waals surface area (Å²) in [5.41, 5.74) is 7.37. The minimum Gasteiger partial charge on any atom is -0.508 e. The summed E-state index contributed by atoms with van der Waals surface area (Å²) in [5.74, 6) is -0.993. The SMILES string of the molecule is COC(=O)c1cccc(C(N)=NC(=NCc2ccccc2O)c2c(O)cccc2O)c1. The second-order valence-electron chi connectivity index (χ2n) is 6.51. The number of aliphatic imine (C=N–C) groups is 2. The molecule has 31 heavy (non-hydrogen) atoms. The number of methoxy groups -OCH3 is 1. The van der Waals surface area contributed by atoms with Crippen molar-refractivity contribution >= 4 is 17.6 Å². The number of benzene rings is 3. The Morgan fingerprint density at radius 1 is 0.903 bits per heavy atom. The van der Waals surface area contributed by atoms with Crippen LogP contribution < -0.4 is 5.73 Å². The Morgan fingerprint density at radius 3 is 2.19 bits per heavy atom. The molecule has 8 heteroatoms. The van der Waals surface area contributed by atoms with Crippen molar-refractivity contribution in [1.29, 1.82) is 0 Å². The number of esters is 1. The molecule has 0 bridgehead atoms. The summed E-state index contributed by atoms with van der Waals surface area (Å²) in [6.45, 7) is 0.0226. The zero-order valence-electron chi connectivity index (χ0n) is 16.7. The van der Waals surface area contributed by atoms with Crippen LogP contribution in [0.1, 0.15) is 27.0 Å². The van der Waals surface area contributed by atoms with Crippen LogP contribution in [-0.2, 0) is 11.3 Å². The highest BCUT2D eigenvalue weighted by molar-refractivity contribution is 6.13. The lowest BCUT2D eigenvalue weighted by atomic mass is 10.1. The second kappa shape index (κ2) is 9.45. The monoisotopic (exact) mass is 419 g/mol. The summed E-state index contributed by atoms with van der Waals surface area (Å²) in [6, 6.07) is 17.2. The van der Waals surface area contributed by atoms with Gasteiger partial charge in [-0.15, -0.1) is 0 Å². The Kier molecular flexibility index (Phi) is 6.51. The van der Waals surface area contributed by atoms with Gasteiger partial charge in [0.25, 0.3) is 0 Å². The molecule has 0 saturated heterocycles. The summed E-state index contributed by atoms with van der Waals surface area (Å²) < 4.78 is 4.72. The number of carbonyl (C=O) groups excluding carboxylic acids is 1. The van der Waals surface area contributed by atoms with Gasteiger partial charge >= 0.3 is 5.97 Å². The molecule has 0 unspecified atom stereocenters. The smallest absolute Gasteiger partial charge is 0.337 e. The van der Waals surface area contributed by atoms with Crippen LogP contribution in [0.2, 0.25) is 0 Å². The van der Waals surface area contributed by atoms with Gasteiger partial charge in [0.1, 0.15) is 28.6 Å². The molecule has 0 saturated carbocycles. The standard InChI is InChI=1S/C23H21N3O5/c1-31-23(30)15-8-4-7-14(12-15)21(24)26-22(20-18(28)10-5-11-19(20)29)25-13-16-6-2-3-9-17(16)27/h2-12,27-29H,13H2,1H3,(H2,24,25,26). The van der Waals surface area contributed by atoms with E-state index in [-0.39, 0.29) is 46.6 Å². The molecule has 3 rings (SSSR count). The predicted octanol–water partition coefficient (Wildman–Crippen LogP) is 2.94. The molecule has 0 aliphatic carbocycles. The van der Waals surface area contributed by atoms with Crippen LogP contribution in [0.15, 0.2) is 76.7 Å². The zero-order valence-corrected chi connectivity index (χ0v) is 16.7. The molecule has 0 aromatic heterocycles. The van der Waals surface area contributed by atoms with Gasteiger partial charge in [-0.2, -0.15) is 0 Å². The van der Waals surface area contributed by atoms with E-state index in [0.29, 0.717) is 11.1 Å². The van der Waals surface area contributed by atoms with Gasteiger partial charge in [-0.25, -0.2) is 9.79 Å². The molecular formula is C23H21N3O5. The van der Waals surface area contributed by atoms with E-state index >= 15 is 0 Å². The lowest BCUT2D eigenvalue weighted by Gasteiger charge is -2.10. The normalized spacial score (nSPS) is 11.9. The van der Waals surface area contributed by atoms with Crippen molar-refractivity contribution in [2.75, 3.05) is 7.11 Å². The molecule has 0 heterocycles. The number of para-hydroxylation sites is 1. The highest BCUT2D eigenvalue weighted by Crippen LogP contribution is 2.28. The van der Waals surface area contributed by atoms with Gasteiger partial charge in [0.2, 0.25) is 0 Å². The third kappa shape index (κ3) is 4.99. The van der Waals surface area contributed by atoms with E-state index in [2.05, 4.69) is 9.98 Å². The largest absolute Gasteiger partial charge is 0.508 e. The average Bonchev–Trinajstić information content (AvgIpc) is 2.77. The maximum atomic E-state index is 11.8. The van der Waals surface area contributed by atoms with E-state index in [9.17, 15) is 20.1 Å². The van der Waals surface area contributed by atoms with E-state index in [1.807, 2.05) is 0 Å². The fourth-order valence-electron chi connectivity index (χ4n) is 2.83. The molecule has 0 aliphatic rings. The quantitative estimate of drug-likeness (QED) is 0.285. The van der Waals surface area contributed by atoms with Gasteiger partial charge < -0.3 is 25.8 Å². The third-order valence-corrected chi connectivity index (χ3v) is 4.44. The Bertz CT molecular complexity index is 1150. The van der Waals surface area contributed by atoms with Crippen LogP contribution in [-0.4, -0.2) is 40.1 Å². The molecular weight excluding hydrogens is 398 g/mol. The van der Waals surface area contributed by atoms with Crippen LogP contribution in [0.4, 0.5) is 0 Å². The number of rotatable bonds is 5. The Hall–Kier alpha value is -4.33. The fourth-order valence-corrected chi connectivity index (χ4v) is 2.83. The van der Waals surface area contributed by atoms with E-state index in [0.717, 1.165) is 0 Å². The maximum Gasteiger partial charge on any atom is 0.337 e. The van der Waals surface area contributed by atoms with Crippen molar-refractivity contribution in [3.05, 3.63) is 89.0 Å². The van der Waals surface area contributed by atoms with E-state index in [1.165, 1.54) is 37.4 Å². The molecule has 3 aromatic rings. The number of hydrogen-bond donors (Lipinski definition) is 4. The molecule has 0 fully saturated rings. The van der Waals surface area contributed by atoms with Crippen LogP contribution >= 0.6 is 0 Å². The fraction of sp³-hybridized carbons (Fsp3) is 0.0870. The molecule has 158 valence electrons. The molecule has 0 aliphatic heterocycles. The summed E-state index contributed by atoms with van der Waals surface area (Å²) in [5, 5.41) is 30.6. The summed E-state index contributed by atoms with van der Waals surface area (Å²) in [4.78, 5) is 20.5. The summed E-state index contributed by atoms with van der Waals surface area (Å²) in [6.07, 6.45) is 0. The maximum absolute atomic E-state index is 11.8. The number of phenolic OH excluding ortho intramolecular Hbond substituents is 3. The van der Waals surface area contributed by atoms with Crippen LogP contribution in [0.5, 0.6) is 17.2 Å². The van der Waals surface area contributed by atoms with Crippen LogP contribution in [0.25, 0.3) is 0 Å². The van der Waals surface area contributed by atoms with Crippen molar-refractivity contribution in [3.8, 4) is 17.2 Å². The van der Waals surface area contributed by atoms with Crippen molar-refractivity contribution in [3.63, 3.8) is 0 Å². The zero-order chi connectivity index (χ0) is 22.4. The number of carbonyl (C=O) groups is 1. The number of nitrogens with two attached hydrogens (primary N) is 1. The number of amidine groups is 2. The van der Waals surface area contributed by atoms with Crippen LogP contribution in [0.3, 0.4) is 0 Å². The molecule has 0 radical (unpaired) electrons. The van der Waals surface area contributed by atoms with E-state index in [4.69, 9.17) is 10.5 Å². The number of hydrogen-bond acceptors (Lipinski definition) is 6. The molecule has 5 N–H and O–H groups in total. The average molecular weight is 419 g/mol. The Morgan fingerprint density at radius 2 is 1.52 bits per heavy atom. The number of phenols is 3. The van der Waals surface area contributed by atoms with E-state index in [1.54, 1.807) is 36.4 Å². The van der Waals surface area contributed by atoms with Gasteiger partial charge in [0.05, 0.1) is 19.2 Å². The molecule has 3 aromatic carbocycles. The van der Waals surface area contributed by atoms with Crippen molar-refractivity contribution in [1.82, 2.24) is 0 Å². The highest BCUT2D eigenvalue weighted by atomic mass is 16.5. The van der Waals surface area contributed by atoms with Gasteiger partial charge in [-0.1, -0.05) is 36.4 Å². The second-order valence-corrected chi connectivity index (χ2v) is 6.51. The molecule has 0 spiro atoms. The molecule has 0 atom stereocenters. The first kappa shape index (κ1) is 21.4. The topological polar surface area (TPSA) is 138 Å². The minimum atomic E-state index is -0.526. The number of nitrogens with zero attached hydrogens (tertiary/aromatic N) is 2. The Balaban J connectivity index is 2.07. The number of aromatic hydroxyl groups is 3. The van der Waals surface area contributed by atoms with Gasteiger partial charge in [-0.3, -0.25) is 4.99 Å². The van der Waals surface area contributed by atoms with Gasteiger partial charge in [0.15, 0.2) is 5.84 Å². The van der Waals surface area contributed by atoms with Crippen molar-refractivity contribution in [2.45, 2.75) is 6.54 Å². The molecule has 8 nitrogen and oxygen atoms in total. The predicted molar refractivity (Wildman–Crippen MR) is 117 cm³/mol. The lowest BCUT2D eigenvalue weighted by Crippen LogP contribution is -2.17. The first-order valence-corrected chi connectivity index (χ1v) is 9.26. The van der Waals surface area contributed by atoms with Crippen molar-refractivity contribution < 1.29 is 24.9 Å². The summed E-state index contributed by atoms with van der Waals surface area (Å²) in [7, 11) is 1.27. The first-order chi connectivity index (χ1) is 14.9. The van der Waals surface area contributed by atoms with E-state index < -0.39 is 5.97 Å². The molecule has 0 amide bonds.